The van der Waals surface area contributed by atoms with Crippen LogP contribution in [0.5, 0.6) is 17.2 Å². The van der Waals surface area contributed by atoms with E-state index >= 15 is 9.59 Å². The molecule has 5 aliphatic heterocycles. The molecular formula is C65H85N13O18. The highest BCUT2D eigenvalue weighted by Crippen LogP contribution is 2.28. The van der Waals surface area contributed by atoms with E-state index in [1.807, 2.05) is 0 Å². The first kappa shape index (κ1) is 71.9. The number of nitrogens with zero attached hydrogens (tertiary/aromatic N) is 4. The standard InChI is InChI=1S/C65H85N13O18/c1-34-55(86)67-33-52(85)75-26-4-8-47(75)61(92)73-53(35(2)79)62(93)69-43(24-25-51(66)84)56(87)72-46(32-39-16-22-42(83)23-17-39)63(94)78-29-7-11-50(78)64(95)76-27-5-10-49(76)60(91)71-44(30-37-12-18-40(81)19-13-37)57(88)70-45(31-38-14-20-41(82)21-15-38)58(89)74-54(36(3)80)65(96)77-28-6-9-48(77)59(90)68-34/h12-23,34-36,43-50,53-54,79-83H,4-11,24-33H2,1-3H3,(H2,66,84)(H,67,86)(H,68,90)(H,69,93)(H,70,88)(H,71,91)(H,72,87)(H,73,92)(H,74,89)/t34-,35+,36+,43+,44+,45-,46-,47-,48-,49-,50-,53-,54?/m0/s1. The number of hydrogen-bond donors (Lipinski definition) is 14. The topological polar surface area (TPSA) is 458 Å². The third kappa shape index (κ3) is 18.3. The fourth-order valence-corrected chi connectivity index (χ4v) is 12.7. The van der Waals surface area contributed by atoms with Crippen LogP contribution in [0.2, 0.25) is 0 Å². The SMILES string of the molecule is C[C@@H]1NC(=O)[C@@H]2CCCN2C(=O)C([C@@H](C)O)NC(=O)[C@H](Cc2ccc(O)cc2)NC(=O)[C@@H](Cc2ccc(O)cc2)NC(=O)[C@@H]2CCCN2C(=O)[C@@H]2CCCN2C(=O)[C@H](Cc2ccc(O)cc2)NC(=O)[C@@H](CCC(N)=O)NC(=O)[C@H]([C@@H](C)O)NC(=O)[C@@H]2CCCN2C(=O)CNC1=O. The summed E-state index contributed by atoms with van der Waals surface area (Å²) in [7, 11) is 0. The Balaban J connectivity index is 1.13. The Morgan fingerprint density at radius 3 is 1.29 bits per heavy atom. The molecule has 0 aliphatic carbocycles. The lowest BCUT2D eigenvalue weighted by molar-refractivity contribution is -0.148. The summed E-state index contributed by atoms with van der Waals surface area (Å²) in [6.45, 7) is 3.07. The Labute approximate surface area is 553 Å². The van der Waals surface area contributed by atoms with E-state index in [0.717, 1.165) is 9.80 Å². The number of aliphatic hydroxyl groups is 2. The van der Waals surface area contributed by atoms with Crippen LogP contribution in [-0.2, 0) is 81.6 Å². The number of nitrogens with one attached hydrogen (secondary N) is 8. The monoisotopic (exact) mass is 1340 g/mol. The zero-order chi connectivity index (χ0) is 69.7. The van der Waals surface area contributed by atoms with Gasteiger partial charge in [-0.25, -0.2) is 0 Å². The Kier molecular flexibility index (Phi) is 24.3. The van der Waals surface area contributed by atoms with E-state index in [1.54, 1.807) is 0 Å². The van der Waals surface area contributed by atoms with E-state index in [1.165, 1.54) is 103 Å². The van der Waals surface area contributed by atoms with E-state index in [9.17, 15) is 78.3 Å². The van der Waals surface area contributed by atoms with Crippen LogP contribution < -0.4 is 48.3 Å². The van der Waals surface area contributed by atoms with Gasteiger partial charge in [0, 0.05) is 51.9 Å². The van der Waals surface area contributed by atoms with Crippen molar-refractivity contribution in [2.45, 2.75) is 183 Å². The summed E-state index contributed by atoms with van der Waals surface area (Å²) in [5.41, 5.74) is 6.76. The number of rotatable bonds is 11. The van der Waals surface area contributed by atoms with E-state index in [2.05, 4.69) is 42.5 Å². The van der Waals surface area contributed by atoms with Gasteiger partial charge in [-0.05, 0) is 132 Å². The van der Waals surface area contributed by atoms with Crippen LogP contribution in [0, 0.1) is 0 Å². The second kappa shape index (κ2) is 32.5. The van der Waals surface area contributed by atoms with Crippen molar-refractivity contribution in [3.05, 3.63) is 89.5 Å². The van der Waals surface area contributed by atoms with E-state index in [0.29, 0.717) is 29.5 Å². The van der Waals surface area contributed by atoms with Gasteiger partial charge < -0.3 is 93.4 Å². The normalized spacial score (nSPS) is 27.5. The number of fused-ring (bicyclic) bond motifs is 4. The maximum atomic E-state index is 15.1. The summed E-state index contributed by atoms with van der Waals surface area (Å²) in [5.74, 6) is -11.7. The predicted octanol–water partition coefficient (Wildman–Crippen LogP) is -3.63. The summed E-state index contributed by atoms with van der Waals surface area (Å²) in [5, 5.41) is 73.2. The van der Waals surface area contributed by atoms with Gasteiger partial charge in [0.15, 0.2) is 0 Å². The fourth-order valence-electron chi connectivity index (χ4n) is 12.7. The number of primary amides is 1. The lowest BCUT2D eigenvalue weighted by Crippen LogP contribution is -2.62. The van der Waals surface area contributed by atoms with Crippen molar-refractivity contribution >= 4 is 76.8 Å². The van der Waals surface area contributed by atoms with Gasteiger partial charge in [-0.3, -0.25) is 62.3 Å². The number of aromatic hydroxyl groups is 3. The maximum absolute atomic E-state index is 15.1. The average molecular weight is 1340 g/mol. The molecule has 96 heavy (non-hydrogen) atoms. The van der Waals surface area contributed by atoms with E-state index in [4.69, 9.17) is 5.73 Å². The summed E-state index contributed by atoms with van der Waals surface area (Å²) in [6, 6.07) is 0.947. The number of carbonyl (C=O) groups excluding carboxylic acids is 13. The van der Waals surface area contributed by atoms with Crippen molar-refractivity contribution in [1.82, 2.24) is 62.1 Å². The third-order valence-electron chi connectivity index (χ3n) is 18.0. The minimum Gasteiger partial charge on any atom is -0.508 e. The molecule has 31 nitrogen and oxygen atoms in total. The molecule has 13 atom stereocenters. The number of phenols is 3. The van der Waals surface area contributed by atoms with Crippen LogP contribution in [0.15, 0.2) is 72.8 Å². The summed E-state index contributed by atoms with van der Waals surface area (Å²) >= 11 is 0. The smallest absolute Gasteiger partial charge is 0.248 e. The molecule has 8 rings (SSSR count). The van der Waals surface area contributed by atoms with Crippen molar-refractivity contribution < 1.29 is 87.9 Å². The molecule has 5 fully saturated rings. The highest BCUT2D eigenvalue weighted by Gasteiger charge is 2.46. The average Bonchev–Trinajstić information content (AvgIpc) is 1.60. The second-order valence-corrected chi connectivity index (χ2v) is 25.1. The number of carbonyl (C=O) groups is 13. The molecule has 0 aromatic heterocycles. The molecule has 0 bridgehead atoms. The van der Waals surface area contributed by atoms with Crippen molar-refractivity contribution in [3.8, 4) is 17.2 Å². The zero-order valence-electron chi connectivity index (χ0n) is 53.6. The lowest BCUT2D eigenvalue weighted by atomic mass is 10.0. The molecule has 15 N–H and O–H groups in total. The number of amides is 13. The molecule has 5 heterocycles. The van der Waals surface area contributed by atoms with Crippen LogP contribution in [0.3, 0.4) is 0 Å². The van der Waals surface area contributed by atoms with E-state index < -0.39 is 175 Å². The number of aliphatic hydroxyl groups excluding tert-OH is 2. The van der Waals surface area contributed by atoms with Crippen LogP contribution in [-0.4, -0.2) is 233 Å². The molecular weight excluding hydrogens is 1250 g/mol. The summed E-state index contributed by atoms with van der Waals surface area (Å²) in [4.78, 5) is 190. The van der Waals surface area contributed by atoms with Crippen molar-refractivity contribution in [2.75, 3.05) is 32.7 Å². The maximum Gasteiger partial charge on any atom is 0.248 e. The van der Waals surface area contributed by atoms with Crippen molar-refractivity contribution in [3.63, 3.8) is 0 Å². The quantitative estimate of drug-likeness (QED) is 0.0881. The Morgan fingerprint density at radius 1 is 0.438 bits per heavy atom. The Hall–Kier alpha value is -9.91. The Bertz CT molecular complexity index is 3390. The largest absolute Gasteiger partial charge is 0.508 e. The predicted molar refractivity (Wildman–Crippen MR) is 338 cm³/mol. The van der Waals surface area contributed by atoms with Gasteiger partial charge in [-0.2, -0.15) is 0 Å². The first-order valence-corrected chi connectivity index (χ1v) is 32.3. The molecule has 5 aliphatic rings. The van der Waals surface area contributed by atoms with Crippen LogP contribution in [0.25, 0.3) is 0 Å². The first-order valence-electron chi connectivity index (χ1n) is 32.3. The minimum absolute atomic E-state index is 0.00677. The summed E-state index contributed by atoms with van der Waals surface area (Å²) < 4.78 is 0. The van der Waals surface area contributed by atoms with E-state index in [-0.39, 0.29) is 101 Å². The Morgan fingerprint density at radius 2 is 0.802 bits per heavy atom. The second-order valence-electron chi connectivity index (χ2n) is 25.1. The first-order chi connectivity index (χ1) is 45.7. The highest BCUT2D eigenvalue weighted by molar-refractivity contribution is 6.01. The number of phenolic OH excluding ortho intramolecular Hbond substituents is 3. The zero-order valence-corrected chi connectivity index (χ0v) is 53.6. The van der Waals surface area contributed by atoms with Crippen LogP contribution >= 0.6 is 0 Å². The van der Waals surface area contributed by atoms with Crippen molar-refractivity contribution in [1.29, 1.82) is 0 Å². The number of nitrogens with two attached hydrogens (primary N) is 1. The number of hydrogen-bond acceptors (Lipinski definition) is 18. The van der Waals surface area contributed by atoms with Gasteiger partial charge >= 0.3 is 0 Å². The van der Waals surface area contributed by atoms with Gasteiger partial charge in [0.1, 0.15) is 83.7 Å². The molecule has 13 amide bonds. The molecule has 0 saturated carbocycles. The van der Waals surface area contributed by atoms with Crippen LogP contribution in [0.1, 0.15) is 102 Å². The molecule has 3 aromatic carbocycles. The molecule has 31 heteroatoms. The van der Waals surface area contributed by atoms with Gasteiger partial charge in [-0.15, -0.1) is 0 Å². The third-order valence-corrected chi connectivity index (χ3v) is 18.0. The van der Waals surface area contributed by atoms with Gasteiger partial charge in [0.05, 0.1) is 18.8 Å². The van der Waals surface area contributed by atoms with Crippen LogP contribution in [0.4, 0.5) is 0 Å². The molecule has 5 saturated heterocycles. The summed E-state index contributed by atoms with van der Waals surface area (Å²) in [6.07, 6.45) is -3.45. The molecule has 1 unspecified atom stereocenters. The molecule has 0 spiro atoms. The van der Waals surface area contributed by atoms with Gasteiger partial charge in [0.25, 0.3) is 0 Å². The van der Waals surface area contributed by atoms with Gasteiger partial charge in [0.2, 0.25) is 76.8 Å². The fraction of sp³-hybridized carbons (Fsp3) is 0.523. The van der Waals surface area contributed by atoms with Crippen molar-refractivity contribution in [2.24, 2.45) is 5.73 Å². The highest BCUT2D eigenvalue weighted by atomic mass is 16.3. The molecule has 518 valence electrons. The molecule has 3 aromatic rings. The van der Waals surface area contributed by atoms with Gasteiger partial charge in [-0.1, -0.05) is 36.4 Å². The molecule has 0 radical (unpaired) electrons. The lowest BCUT2D eigenvalue weighted by Gasteiger charge is -2.34. The minimum atomic E-state index is -1.79. The number of benzene rings is 3.